The van der Waals surface area contributed by atoms with Crippen molar-refractivity contribution >= 4 is 15.5 Å². The minimum Gasteiger partial charge on any atom is -0.368 e. The van der Waals surface area contributed by atoms with Crippen LogP contribution in [0.4, 0.5) is 14.5 Å². The normalized spacial score (nSPS) is 26.0. The second-order valence-electron chi connectivity index (χ2n) is 6.25. The number of anilines is 1. The minimum absolute atomic E-state index is 0.302. The van der Waals surface area contributed by atoms with Gasteiger partial charge in [0.25, 0.3) is 0 Å². The van der Waals surface area contributed by atoms with Crippen LogP contribution in [0.1, 0.15) is 38.5 Å². The molecule has 1 saturated carbocycles. The number of fused-ring (bicyclic) bond motifs is 1. The van der Waals surface area contributed by atoms with Crippen LogP contribution >= 0.6 is 0 Å². The van der Waals surface area contributed by atoms with E-state index in [9.17, 15) is 17.2 Å². The molecule has 1 heterocycles. The molecule has 0 radical (unpaired) electrons. The average molecular weight is 329 g/mol. The molecule has 2 atom stereocenters. The van der Waals surface area contributed by atoms with E-state index in [1.807, 2.05) is 0 Å². The maximum atomic E-state index is 12.6. The molecule has 0 amide bonds. The maximum absolute atomic E-state index is 12.6. The van der Waals surface area contributed by atoms with Crippen molar-refractivity contribution in [1.29, 1.82) is 0 Å². The molecule has 2 unspecified atom stereocenters. The van der Waals surface area contributed by atoms with Gasteiger partial charge in [-0.15, -0.1) is 0 Å². The van der Waals surface area contributed by atoms with Gasteiger partial charge in [-0.1, -0.05) is 12.8 Å². The number of piperidine rings is 1. The molecule has 22 heavy (non-hydrogen) atoms. The Morgan fingerprint density at radius 3 is 2.32 bits per heavy atom. The molecule has 1 aliphatic carbocycles. The van der Waals surface area contributed by atoms with Crippen LogP contribution in [-0.2, 0) is 9.84 Å². The van der Waals surface area contributed by atoms with Gasteiger partial charge < -0.3 is 4.90 Å². The summed E-state index contributed by atoms with van der Waals surface area (Å²) >= 11 is 0. The third kappa shape index (κ3) is 2.85. The third-order valence-electron chi connectivity index (χ3n) is 4.97. The van der Waals surface area contributed by atoms with Crippen molar-refractivity contribution in [3.05, 3.63) is 24.3 Å². The molecule has 1 aromatic carbocycles. The van der Waals surface area contributed by atoms with Crippen molar-refractivity contribution in [2.75, 3.05) is 11.4 Å². The Morgan fingerprint density at radius 1 is 1.00 bits per heavy atom. The maximum Gasteiger partial charge on any atom is 0.341 e. The first-order valence-electron chi connectivity index (χ1n) is 7.89. The van der Waals surface area contributed by atoms with Gasteiger partial charge in [-0.3, -0.25) is 0 Å². The van der Waals surface area contributed by atoms with Crippen LogP contribution in [0.15, 0.2) is 29.2 Å². The van der Waals surface area contributed by atoms with Crippen molar-refractivity contribution in [1.82, 2.24) is 0 Å². The molecule has 6 heteroatoms. The second-order valence-corrected chi connectivity index (χ2v) is 8.16. The summed E-state index contributed by atoms with van der Waals surface area (Å²) in [6.45, 7) is 0.960. The third-order valence-corrected chi connectivity index (χ3v) is 6.37. The monoisotopic (exact) mass is 329 g/mol. The number of rotatable bonds is 3. The molecule has 1 aromatic rings. The molecule has 1 saturated heterocycles. The Kier molecular flexibility index (Phi) is 4.39. The van der Waals surface area contributed by atoms with Gasteiger partial charge in [-0.05, 0) is 55.9 Å². The van der Waals surface area contributed by atoms with Gasteiger partial charge >= 0.3 is 5.76 Å². The first-order valence-corrected chi connectivity index (χ1v) is 9.43. The van der Waals surface area contributed by atoms with Crippen LogP contribution in [0.5, 0.6) is 0 Å². The molecular weight excluding hydrogens is 308 g/mol. The Hall–Kier alpha value is -1.17. The number of halogens is 2. The van der Waals surface area contributed by atoms with Gasteiger partial charge in [0.05, 0.1) is 4.90 Å². The fourth-order valence-corrected chi connectivity index (χ4v) is 4.60. The van der Waals surface area contributed by atoms with Crippen LogP contribution in [0.3, 0.4) is 0 Å². The quantitative estimate of drug-likeness (QED) is 0.845. The Labute approximate surface area is 130 Å². The highest BCUT2D eigenvalue weighted by Crippen LogP contribution is 2.38. The average Bonchev–Trinajstić information content (AvgIpc) is 2.54. The molecule has 1 aliphatic heterocycles. The summed E-state index contributed by atoms with van der Waals surface area (Å²) in [4.78, 5) is 2.04. The number of hydrogen-bond acceptors (Lipinski definition) is 3. The first kappa shape index (κ1) is 15.7. The molecule has 0 N–H and O–H groups in total. The highest BCUT2D eigenvalue weighted by molar-refractivity contribution is 7.91. The van der Waals surface area contributed by atoms with Crippen LogP contribution in [0, 0.1) is 5.92 Å². The van der Waals surface area contributed by atoms with E-state index in [2.05, 4.69) is 4.90 Å². The molecule has 122 valence electrons. The zero-order valence-electron chi connectivity index (χ0n) is 12.4. The van der Waals surface area contributed by atoms with Crippen molar-refractivity contribution in [2.45, 2.75) is 55.2 Å². The van der Waals surface area contributed by atoms with Crippen molar-refractivity contribution in [3.8, 4) is 0 Å². The van der Waals surface area contributed by atoms with E-state index in [0.29, 0.717) is 12.0 Å². The Balaban J connectivity index is 1.83. The number of sulfone groups is 1. The van der Waals surface area contributed by atoms with E-state index < -0.39 is 15.6 Å². The lowest BCUT2D eigenvalue weighted by Gasteiger charge is -2.45. The predicted molar refractivity (Wildman–Crippen MR) is 82.0 cm³/mol. The van der Waals surface area contributed by atoms with E-state index >= 15 is 0 Å². The molecule has 0 spiro atoms. The molecular formula is C16H21F2NO2S. The zero-order chi connectivity index (χ0) is 15.7. The molecule has 0 aromatic heterocycles. The van der Waals surface area contributed by atoms with Gasteiger partial charge in [0.2, 0.25) is 9.84 Å². The molecule has 3 rings (SSSR count). The van der Waals surface area contributed by atoms with Gasteiger partial charge in [-0.25, -0.2) is 8.42 Å². The van der Waals surface area contributed by atoms with Gasteiger partial charge in [0.1, 0.15) is 0 Å². The summed E-state index contributed by atoms with van der Waals surface area (Å²) in [7, 11) is -4.50. The van der Waals surface area contributed by atoms with Crippen LogP contribution < -0.4 is 4.90 Å². The van der Waals surface area contributed by atoms with E-state index in [-0.39, 0.29) is 4.90 Å². The summed E-state index contributed by atoms with van der Waals surface area (Å²) in [6, 6.07) is 6.48. The van der Waals surface area contributed by atoms with Gasteiger partial charge in [0.15, 0.2) is 0 Å². The van der Waals surface area contributed by atoms with Gasteiger partial charge in [0, 0.05) is 18.3 Å². The van der Waals surface area contributed by atoms with E-state index in [1.54, 1.807) is 12.1 Å². The highest BCUT2D eigenvalue weighted by atomic mass is 32.2. The summed E-state index contributed by atoms with van der Waals surface area (Å²) < 4.78 is 48.1. The minimum atomic E-state index is -4.50. The standard InChI is InChI=1S/C16H21F2NO2S/c17-16(18)22(20,21)14-9-7-13(8-10-14)19-11-3-5-12-4-1-2-6-15(12)19/h7-10,12,15-16H,1-6,11H2. The van der Waals surface area contributed by atoms with Gasteiger partial charge in [-0.2, -0.15) is 8.78 Å². The molecule has 0 bridgehead atoms. The van der Waals surface area contributed by atoms with Crippen LogP contribution in [0.25, 0.3) is 0 Å². The lowest BCUT2D eigenvalue weighted by molar-refractivity contribution is 0.234. The molecule has 3 nitrogen and oxygen atoms in total. The molecule has 2 fully saturated rings. The summed E-state index contributed by atoms with van der Waals surface area (Å²) in [5.41, 5.74) is 0.949. The summed E-state index contributed by atoms with van der Waals surface area (Å²) in [6.07, 6.45) is 7.36. The number of benzene rings is 1. The lowest BCUT2D eigenvalue weighted by atomic mass is 9.78. The van der Waals surface area contributed by atoms with E-state index in [4.69, 9.17) is 0 Å². The van der Waals surface area contributed by atoms with Crippen LogP contribution in [-0.4, -0.2) is 26.8 Å². The summed E-state index contributed by atoms with van der Waals surface area (Å²) in [5, 5.41) is 0. The Bertz CT molecular complexity index is 614. The zero-order valence-corrected chi connectivity index (χ0v) is 13.2. The van der Waals surface area contributed by atoms with E-state index in [0.717, 1.165) is 18.7 Å². The number of alkyl halides is 2. The topological polar surface area (TPSA) is 37.4 Å². The fourth-order valence-electron chi connectivity index (χ4n) is 3.88. The number of hydrogen-bond donors (Lipinski definition) is 0. The fraction of sp³-hybridized carbons (Fsp3) is 0.625. The number of nitrogens with zero attached hydrogens (tertiary/aromatic N) is 1. The lowest BCUT2D eigenvalue weighted by Crippen LogP contribution is -2.46. The largest absolute Gasteiger partial charge is 0.368 e. The van der Waals surface area contributed by atoms with Crippen molar-refractivity contribution < 1.29 is 17.2 Å². The highest BCUT2D eigenvalue weighted by Gasteiger charge is 2.33. The first-order chi connectivity index (χ1) is 10.5. The second kappa shape index (κ2) is 6.14. The van der Waals surface area contributed by atoms with Crippen LogP contribution in [0.2, 0.25) is 0 Å². The predicted octanol–water partition coefficient (Wildman–Crippen LogP) is 3.84. The Morgan fingerprint density at radius 2 is 1.64 bits per heavy atom. The summed E-state index contributed by atoms with van der Waals surface area (Å²) in [5.74, 6) is -2.65. The van der Waals surface area contributed by atoms with Crippen molar-refractivity contribution in [2.24, 2.45) is 5.92 Å². The molecule has 2 aliphatic rings. The SMILES string of the molecule is O=S(=O)(c1ccc(N2CCCC3CCCCC32)cc1)C(F)F. The van der Waals surface area contributed by atoms with E-state index in [1.165, 1.54) is 44.2 Å². The smallest absolute Gasteiger partial charge is 0.341 e. The van der Waals surface area contributed by atoms with Crippen molar-refractivity contribution in [3.63, 3.8) is 0 Å².